The molecule has 0 aromatic rings. The fourth-order valence-electron chi connectivity index (χ4n) is 2.76. The van der Waals surface area contributed by atoms with E-state index < -0.39 is 38.6 Å². The van der Waals surface area contributed by atoms with Crippen molar-refractivity contribution in [2.75, 3.05) is 14.2 Å². The van der Waals surface area contributed by atoms with Crippen molar-refractivity contribution in [3.05, 3.63) is 11.6 Å². The zero-order valence-corrected chi connectivity index (χ0v) is 21.0. The van der Waals surface area contributed by atoms with Gasteiger partial charge in [0.15, 0.2) is 8.32 Å². The summed E-state index contributed by atoms with van der Waals surface area (Å²) in [6, 6.07) is 0. The minimum absolute atomic E-state index is 0.0921. The van der Waals surface area contributed by atoms with Gasteiger partial charge in [0.2, 0.25) is 0 Å². The van der Waals surface area contributed by atoms with Crippen molar-refractivity contribution in [3.63, 3.8) is 0 Å². The summed E-state index contributed by atoms with van der Waals surface area (Å²) in [6.07, 6.45) is 2.89. The van der Waals surface area contributed by atoms with Gasteiger partial charge >= 0.3 is 11.9 Å². The third kappa shape index (κ3) is 9.28. The van der Waals surface area contributed by atoms with Gasteiger partial charge in [0.25, 0.3) is 0 Å². The van der Waals surface area contributed by atoms with Crippen LogP contribution >= 0.6 is 0 Å². The molecule has 3 atom stereocenters. The van der Waals surface area contributed by atoms with Crippen LogP contribution in [0.4, 0.5) is 0 Å². The number of aliphatic hydroxyl groups excluding tert-OH is 2. The average molecular weight is 447 g/mol. The molecule has 0 bridgehead atoms. The smallest absolute Gasteiger partial charge is 0.336 e. The van der Waals surface area contributed by atoms with E-state index in [1.54, 1.807) is 0 Å². The molecule has 0 spiro atoms. The van der Waals surface area contributed by atoms with E-state index in [0.717, 1.165) is 52.4 Å². The molecule has 0 aromatic heterocycles. The lowest BCUT2D eigenvalue weighted by Gasteiger charge is -2.41. The Morgan fingerprint density at radius 2 is 1.57 bits per heavy atom. The lowest BCUT2D eigenvalue weighted by atomic mass is 9.96. The van der Waals surface area contributed by atoms with Gasteiger partial charge < -0.3 is 24.1 Å². The molecule has 0 saturated carbocycles. The fourth-order valence-corrected chi connectivity index (χ4v) is 4.13. The molecule has 0 aliphatic carbocycles. The number of carbonyl (C=O) groups excluding carboxylic acids is 2. The van der Waals surface area contributed by atoms with Crippen LogP contribution in [-0.4, -0.2) is 63.0 Å². The molecule has 0 heterocycles. The second-order valence-corrected chi connectivity index (χ2v) is 13.9. The molecular formula is C22H42O7Si. The summed E-state index contributed by atoms with van der Waals surface area (Å²) in [6.45, 7) is 12.6. The minimum Gasteiger partial charge on any atom is -0.466 e. The van der Waals surface area contributed by atoms with Crippen LogP contribution < -0.4 is 0 Å². The van der Waals surface area contributed by atoms with Crippen LogP contribution in [0.2, 0.25) is 18.1 Å². The maximum absolute atomic E-state index is 12.1. The van der Waals surface area contributed by atoms with Gasteiger partial charge in [-0.3, -0.25) is 0 Å². The maximum Gasteiger partial charge on any atom is 0.336 e. The molecule has 0 saturated heterocycles. The first-order valence-electron chi connectivity index (χ1n) is 10.7. The largest absolute Gasteiger partial charge is 0.466 e. The number of rotatable bonds is 13. The normalized spacial score (nSPS) is 16.0. The summed E-state index contributed by atoms with van der Waals surface area (Å²) >= 11 is 0. The Morgan fingerprint density at radius 1 is 1.00 bits per heavy atom. The molecule has 30 heavy (non-hydrogen) atoms. The Morgan fingerprint density at radius 3 is 2.03 bits per heavy atom. The summed E-state index contributed by atoms with van der Waals surface area (Å²) in [4.78, 5) is 23.8. The standard InChI is InChI=1S/C22H42O7Si/c1-9-10-11-12-13-14-17(29-30(7,8)22(2,3)4)20(25)19(24)16(21(26)28-6)15-18(23)27-5/h15,17,19-20,24-25H,9-14H2,1-8H3/t17-,19-,20-/m0/s1. The van der Waals surface area contributed by atoms with Gasteiger partial charge in [-0.2, -0.15) is 0 Å². The van der Waals surface area contributed by atoms with Crippen LogP contribution in [0.15, 0.2) is 11.6 Å². The Bertz CT molecular complexity index is 566. The Kier molecular flexibility index (Phi) is 12.7. The average Bonchev–Trinajstić information content (AvgIpc) is 2.68. The quantitative estimate of drug-likeness (QED) is 0.192. The number of hydrogen-bond donors (Lipinski definition) is 2. The van der Waals surface area contributed by atoms with Crippen molar-refractivity contribution in [2.45, 2.75) is 103 Å². The minimum atomic E-state index is -2.26. The van der Waals surface area contributed by atoms with Crippen LogP contribution in [0.3, 0.4) is 0 Å². The van der Waals surface area contributed by atoms with E-state index in [0.29, 0.717) is 6.42 Å². The van der Waals surface area contributed by atoms with Crippen LogP contribution in [0.1, 0.15) is 66.2 Å². The van der Waals surface area contributed by atoms with Crippen LogP contribution in [0.25, 0.3) is 0 Å². The van der Waals surface area contributed by atoms with Crippen molar-refractivity contribution < 1.29 is 33.7 Å². The monoisotopic (exact) mass is 446 g/mol. The lowest BCUT2D eigenvalue weighted by Crippen LogP contribution is -2.50. The highest BCUT2D eigenvalue weighted by Crippen LogP contribution is 2.38. The first kappa shape index (κ1) is 28.8. The SMILES string of the molecule is CCCCCCC[C@H](O[Si](C)(C)C(C)(C)C)[C@H](O)[C@@H](O)C(=CC(=O)OC)C(=O)OC. The van der Waals surface area contributed by atoms with Crippen molar-refractivity contribution in [1.82, 2.24) is 0 Å². The summed E-state index contributed by atoms with van der Waals surface area (Å²) in [5, 5.41) is 21.6. The molecule has 2 N–H and O–H groups in total. The van der Waals surface area contributed by atoms with Gasteiger partial charge in [0.1, 0.15) is 12.2 Å². The molecule has 0 radical (unpaired) electrons. The Labute approximate surface area is 182 Å². The molecule has 0 aliphatic heterocycles. The number of ether oxygens (including phenoxy) is 2. The predicted molar refractivity (Wildman–Crippen MR) is 120 cm³/mol. The van der Waals surface area contributed by atoms with Crippen LogP contribution in [0.5, 0.6) is 0 Å². The Balaban J connectivity index is 5.67. The molecule has 0 aliphatic rings. The Hall–Kier alpha value is -1.22. The van der Waals surface area contributed by atoms with Crippen molar-refractivity contribution in [3.8, 4) is 0 Å². The van der Waals surface area contributed by atoms with Gasteiger partial charge in [-0.15, -0.1) is 0 Å². The number of unbranched alkanes of at least 4 members (excludes halogenated alkanes) is 4. The highest BCUT2D eigenvalue weighted by molar-refractivity contribution is 6.74. The van der Waals surface area contributed by atoms with Gasteiger partial charge in [0.05, 0.1) is 25.9 Å². The zero-order chi connectivity index (χ0) is 23.5. The topological polar surface area (TPSA) is 102 Å². The first-order chi connectivity index (χ1) is 13.8. The van der Waals surface area contributed by atoms with E-state index in [1.807, 2.05) is 0 Å². The number of methoxy groups -OCH3 is 2. The number of esters is 2. The second kappa shape index (κ2) is 13.2. The second-order valence-electron chi connectivity index (χ2n) is 9.17. The van der Waals surface area contributed by atoms with E-state index in [1.165, 1.54) is 0 Å². The molecular weight excluding hydrogens is 404 g/mol. The van der Waals surface area contributed by atoms with Crippen molar-refractivity contribution in [2.24, 2.45) is 0 Å². The maximum atomic E-state index is 12.1. The number of hydrogen-bond acceptors (Lipinski definition) is 7. The highest BCUT2D eigenvalue weighted by atomic mass is 28.4. The molecule has 0 aromatic carbocycles. The van der Waals surface area contributed by atoms with Crippen molar-refractivity contribution in [1.29, 1.82) is 0 Å². The summed E-state index contributed by atoms with van der Waals surface area (Å²) in [7, 11) is 0.0461. The third-order valence-corrected chi connectivity index (χ3v) is 10.3. The van der Waals surface area contributed by atoms with E-state index in [4.69, 9.17) is 4.43 Å². The van der Waals surface area contributed by atoms with E-state index in [2.05, 4.69) is 50.3 Å². The van der Waals surface area contributed by atoms with E-state index in [-0.39, 0.29) is 10.6 Å². The first-order valence-corrected chi connectivity index (χ1v) is 13.6. The van der Waals surface area contributed by atoms with Gasteiger partial charge in [-0.1, -0.05) is 59.8 Å². The fraction of sp³-hybridized carbons (Fsp3) is 0.818. The van der Waals surface area contributed by atoms with E-state index >= 15 is 0 Å². The van der Waals surface area contributed by atoms with Gasteiger partial charge in [-0.25, -0.2) is 9.59 Å². The molecule has 0 amide bonds. The molecule has 0 fully saturated rings. The van der Waals surface area contributed by atoms with E-state index in [9.17, 15) is 19.8 Å². The molecule has 176 valence electrons. The van der Waals surface area contributed by atoms with Crippen LogP contribution in [-0.2, 0) is 23.5 Å². The lowest BCUT2D eigenvalue weighted by molar-refractivity contribution is -0.141. The van der Waals surface area contributed by atoms with Crippen LogP contribution in [0, 0.1) is 0 Å². The molecule has 8 heteroatoms. The third-order valence-electron chi connectivity index (χ3n) is 5.76. The number of aliphatic hydroxyl groups is 2. The summed E-state index contributed by atoms with van der Waals surface area (Å²) < 4.78 is 15.6. The predicted octanol–water partition coefficient (Wildman–Crippen LogP) is 3.73. The summed E-state index contributed by atoms with van der Waals surface area (Å²) in [5.74, 6) is -1.72. The molecule has 0 unspecified atom stereocenters. The van der Waals surface area contributed by atoms with Gasteiger partial charge in [-0.05, 0) is 24.6 Å². The van der Waals surface area contributed by atoms with Gasteiger partial charge in [0, 0.05) is 6.08 Å². The zero-order valence-electron chi connectivity index (χ0n) is 20.0. The number of carbonyl (C=O) groups is 2. The highest BCUT2D eigenvalue weighted by Gasteiger charge is 2.42. The molecule has 7 nitrogen and oxygen atoms in total. The molecule has 0 rings (SSSR count). The summed E-state index contributed by atoms with van der Waals surface area (Å²) in [5.41, 5.74) is -0.355. The van der Waals surface area contributed by atoms with Crippen molar-refractivity contribution >= 4 is 20.3 Å².